The highest BCUT2D eigenvalue weighted by Crippen LogP contribution is 2.36. The maximum Gasteiger partial charge on any atom is 0.214 e. The molecule has 1 unspecified atom stereocenters. The summed E-state index contributed by atoms with van der Waals surface area (Å²) in [5.41, 5.74) is 0.819. The lowest BCUT2D eigenvalue weighted by Gasteiger charge is -2.42. The SMILES string of the molecule is COCCCC(C)N(C)S(=O)(=O)C[C@H]1C[C@@H](N(C)c2ncnc3[nH]ccc23)C1. The van der Waals surface area contributed by atoms with E-state index in [9.17, 15) is 8.42 Å². The van der Waals surface area contributed by atoms with Gasteiger partial charge in [-0.3, -0.25) is 0 Å². The Balaban J connectivity index is 1.54. The van der Waals surface area contributed by atoms with Crippen LogP contribution >= 0.6 is 0 Å². The first-order valence-electron chi connectivity index (χ1n) is 9.79. The Bertz CT molecular complexity index is 879. The topological polar surface area (TPSA) is 91.4 Å². The summed E-state index contributed by atoms with van der Waals surface area (Å²) in [6, 6.07) is 2.26. The Morgan fingerprint density at radius 2 is 2.07 bits per heavy atom. The van der Waals surface area contributed by atoms with E-state index in [-0.39, 0.29) is 17.7 Å². The lowest BCUT2D eigenvalue weighted by molar-refractivity contribution is 0.185. The molecule has 0 spiro atoms. The third-order valence-corrected chi connectivity index (χ3v) is 8.03. The van der Waals surface area contributed by atoms with E-state index in [0.717, 1.165) is 42.5 Å². The minimum atomic E-state index is -3.25. The molecule has 0 saturated heterocycles. The molecule has 0 aliphatic heterocycles. The van der Waals surface area contributed by atoms with Crippen LogP contribution in [0, 0.1) is 5.92 Å². The number of nitrogens with zero attached hydrogens (tertiary/aromatic N) is 4. The zero-order chi connectivity index (χ0) is 20.3. The molecule has 8 nitrogen and oxygen atoms in total. The number of anilines is 1. The summed E-state index contributed by atoms with van der Waals surface area (Å²) in [5.74, 6) is 1.29. The van der Waals surface area contributed by atoms with Crippen LogP contribution in [-0.2, 0) is 14.8 Å². The van der Waals surface area contributed by atoms with Crippen molar-refractivity contribution in [3.05, 3.63) is 18.6 Å². The number of H-pyrrole nitrogens is 1. The maximum atomic E-state index is 12.8. The van der Waals surface area contributed by atoms with Crippen molar-refractivity contribution in [3.63, 3.8) is 0 Å². The van der Waals surface area contributed by atoms with E-state index in [0.29, 0.717) is 12.6 Å². The third kappa shape index (κ3) is 4.47. The first-order valence-corrected chi connectivity index (χ1v) is 11.4. The molecule has 0 radical (unpaired) electrons. The number of ether oxygens (including phenoxy) is 1. The summed E-state index contributed by atoms with van der Waals surface area (Å²) in [7, 11) is 2.13. The molecule has 2 aromatic rings. The number of hydrogen-bond acceptors (Lipinski definition) is 6. The second-order valence-electron chi connectivity index (χ2n) is 7.82. The largest absolute Gasteiger partial charge is 0.385 e. The number of methoxy groups -OCH3 is 1. The standard InChI is InChI=1S/C19H31N5O3S/c1-14(6-5-9-27-4)24(3)28(25,26)12-15-10-16(11-15)23(2)19-17-7-8-20-18(17)21-13-22-19/h7-8,13-16H,5-6,9-12H2,1-4H3,(H,20,21,22)/t14?,15-,16+. The van der Waals surface area contributed by atoms with Crippen molar-refractivity contribution in [1.82, 2.24) is 19.3 Å². The van der Waals surface area contributed by atoms with Gasteiger partial charge in [0, 0.05) is 46.1 Å². The number of nitrogens with one attached hydrogen (secondary N) is 1. The van der Waals surface area contributed by atoms with E-state index in [4.69, 9.17) is 4.74 Å². The Hall–Kier alpha value is -1.71. The maximum absolute atomic E-state index is 12.8. The molecule has 3 rings (SSSR count). The van der Waals surface area contributed by atoms with E-state index in [1.165, 1.54) is 4.31 Å². The van der Waals surface area contributed by atoms with E-state index in [1.807, 2.05) is 26.2 Å². The molecule has 1 saturated carbocycles. The minimum Gasteiger partial charge on any atom is -0.385 e. The van der Waals surface area contributed by atoms with Crippen molar-refractivity contribution in [2.45, 2.75) is 44.7 Å². The fraction of sp³-hybridized carbons (Fsp3) is 0.684. The summed E-state index contributed by atoms with van der Waals surface area (Å²) in [6.07, 6.45) is 6.80. The minimum absolute atomic E-state index is 0.0124. The van der Waals surface area contributed by atoms with Crippen molar-refractivity contribution in [3.8, 4) is 0 Å². The van der Waals surface area contributed by atoms with E-state index in [1.54, 1.807) is 20.5 Å². The first kappa shape index (κ1) is 21.0. The van der Waals surface area contributed by atoms with Crippen LogP contribution in [0.15, 0.2) is 18.6 Å². The van der Waals surface area contributed by atoms with Crippen LogP contribution in [0.1, 0.15) is 32.6 Å². The van der Waals surface area contributed by atoms with Gasteiger partial charge in [0.1, 0.15) is 17.8 Å². The monoisotopic (exact) mass is 409 g/mol. The molecule has 0 bridgehead atoms. The quantitative estimate of drug-likeness (QED) is 0.605. The van der Waals surface area contributed by atoms with Crippen LogP contribution in [0.5, 0.6) is 0 Å². The van der Waals surface area contributed by atoms with Gasteiger partial charge in [0.05, 0.1) is 11.1 Å². The summed E-state index contributed by atoms with van der Waals surface area (Å²) in [5, 5.41) is 0.991. The lowest BCUT2D eigenvalue weighted by Crippen LogP contribution is -2.47. The van der Waals surface area contributed by atoms with Crippen molar-refractivity contribution >= 4 is 26.9 Å². The summed E-state index contributed by atoms with van der Waals surface area (Å²) >= 11 is 0. The van der Waals surface area contributed by atoms with Crippen LogP contribution in [-0.4, -0.2) is 73.3 Å². The smallest absolute Gasteiger partial charge is 0.214 e. The highest BCUT2D eigenvalue weighted by atomic mass is 32.2. The van der Waals surface area contributed by atoms with Crippen molar-refractivity contribution in [2.24, 2.45) is 5.92 Å². The second kappa shape index (κ2) is 8.75. The molecule has 1 N–H and O–H groups in total. The Kier molecular flexibility index (Phi) is 6.57. The van der Waals surface area contributed by atoms with Gasteiger partial charge in [-0.2, -0.15) is 0 Å². The summed E-state index contributed by atoms with van der Waals surface area (Å²) in [4.78, 5) is 13.9. The number of sulfonamides is 1. The molecule has 0 aromatic carbocycles. The zero-order valence-electron chi connectivity index (χ0n) is 17.1. The Morgan fingerprint density at radius 3 is 2.79 bits per heavy atom. The fourth-order valence-corrected chi connectivity index (χ4v) is 5.62. The van der Waals surface area contributed by atoms with Crippen molar-refractivity contribution in [1.29, 1.82) is 0 Å². The second-order valence-corrected chi connectivity index (χ2v) is 9.89. The molecule has 1 fully saturated rings. The zero-order valence-corrected chi connectivity index (χ0v) is 17.9. The van der Waals surface area contributed by atoms with Gasteiger partial charge >= 0.3 is 0 Å². The van der Waals surface area contributed by atoms with Crippen LogP contribution in [0.25, 0.3) is 11.0 Å². The van der Waals surface area contributed by atoms with E-state index < -0.39 is 10.0 Å². The average Bonchev–Trinajstić information content (AvgIpc) is 3.12. The number of aromatic amines is 1. The predicted molar refractivity (Wildman–Crippen MR) is 111 cm³/mol. The molecule has 2 aromatic heterocycles. The van der Waals surface area contributed by atoms with E-state index >= 15 is 0 Å². The molecular formula is C19H31N5O3S. The molecule has 1 atom stereocenters. The van der Waals surface area contributed by atoms with Crippen molar-refractivity contribution in [2.75, 3.05) is 38.5 Å². The molecule has 1 aliphatic carbocycles. The molecule has 2 heterocycles. The number of aromatic nitrogens is 3. The predicted octanol–water partition coefficient (Wildman–Crippen LogP) is 2.25. The third-order valence-electron chi connectivity index (χ3n) is 5.90. The molecular weight excluding hydrogens is 378 g/mol. The highest BCUT2D eigenvalue weighted by molar-refractivity contribution is 7.89. The van der Waals surface area contributed by atoms with Crippen LogP contribution in [0.4, 0.5) is 5.82 Å². The normalized spacial score (nSPS) is 21.0. The van der Waals surface area contributed by atoms with Crippen LogP contribution < -0.4 is 4.90 Å². The summed E-state index contributed by atoms with van der Waals surface area (Å²) in [6.45, 7) is 2.62. The van der Waals surface area contributed by atoms with Crippen LogP contribution in [0.3, 0.4) is 0 Å². The highest BCUT2D eigenvalue weighted by Gasteiger charge is 2.37. The van der Waals surface area contributed by atoms with Gasteiger partial charge in [0.25, 0.3) is 0 Å². The Labute approximate surface area is 167 Å². The number of fused-ring (bicyclic) bond motifs is 1. The van der Waals surface area contributed by atoms with Gasteiger partial charge in [-0.05, 0) is 44.6 Å². The van der Waals surface area contributed by atoms with Gasteiger partial charge in [-0.25, -0.2) is 22.7 Å². The van der Waals surface area contributed by atoms with Gasteiger partial charge in [0.15, 0.2) is 0 Å². The van der Waals surface area contributed by atoms with Gasteiger partial charge in [-0.1, -0.05) is 0 Å². The molecule has 0 amide bonds. The van der Waals surface area contributed by atoms with Gasteiger partial charge in [0.2, 0.25) is 10.0 Å². The number of hydrogen-bond donors (Lipinski definition) is 1. The van der Waals surface area contributed by atoms with E-state index in [2.05, 4.69) is 19.9 Å². The molecule has 156 valence electrons. The first-order chi connectivity index (χ1) is 13.3. The molecule has 28 heavy (non-hydrogen) atoms. The number of rotatable bonds is 10. The van der Waals surface area contributed by atoms with Gasteiger partial charge in [-0.15, -0.1) is 0 Å². The average molecular weight is 410 g/mol. The lowest BCUT2D eigenvalue weighted by atomic mass is 9.81. The van der Waals surface area contributed by atoms with Crippen LogP contribution in [0.2, 0.25) is 0 Å². The van der Waals surface area contributed by atoms with Crippen molar-refractivity contribution < 1.29 is 13.2 Å². The molecule has 9 heteroatoms. The molecule has 1 aliphatic rings. The fourth-order valence-electron chi connectivity index (χ4n) is 3.86. The summed E-state index contributed by atoms with van der Waals surface area (Å²) < 4.78 is 32.1. The van der Waals surface area contributed by atoms with Gasteiger partial charge < -0.3 is 14.6 Å². The Morgan fingerprint density at radius 1 is 1.32 bits per heavy atom.